The van der Waals surface area contributed by atoms with Crippen LogP contribution in [0.25, 0.3) is 0 Å². The van der Waals surface area contributed by atoms with E-state index in [4.69, 9.17) is 16.9 Å². The van der Waals surface area contributed by atoms with E-state index in [1.54, 1.807) is 6.07 Å². The molecule has 2 bridgehead atoms. The van der Waals surface area contributed by atoms with Crippen LogP contribution in [0.5, 0.6) is 0 Å². The van der Waals surface area contributed by atoms with Gasteiger partial charge < -0.3 is 10.4 Å². The van der Waals surface area contributed by atoms with Crippen molar-refractivity contribution in [2.45, 2.75) is 31.7 Å². The second-order valence-electron chi connectivity index (χ2n) is 5.98. The molecule has 0 spiro atoms. The van der Waals surface area contributed by atoms with Crippen molar-refractivity contribution in [2.75, 3.05) is 5.32 Å². The number of hydrogen-bond acceptors (Lipinski definition) is 4. The molecule has 2 N–H and O–H groups in total. The molecule has 1 heterocycles. The number of fused-ring (bicyclic) bond motifs is 3. The molecule has 1 aromatic rings. The number of nitriles is 1. The number of carbonyl (C=O) groups is 1. The van der Waals surface area contributed by atoms with Crippen LogP contribution in [0.2, 0.25) is 5.15 Å². The van der Waals surface area contributed by atoms with E-state index in [9.17, 15) is 14.3 Å². The third-order valence-electron chi connectivity index (χ3n) is 4.86. The van der Waals surface area contributed by atoms with Crippen molar-refractivity contribution in [2.24, 2.45) is 17.8 Å². The summed E-state index contributed by atoms with van der Waals surface area (Å²) in [5.74, 6) is -1.84. The molecule has 0 saturated heterocycles. The Labute approximate surface area is 132 Å². The molecule has 0 unspecified atom stereocenters. The van der Waals surface area contributed by atoms with E-state index in [1.165, 1.54) is 0 Å². The summed E-state index contributed by atoms with van der Waals surface area (Å²) in [5.41, 5.74) is -0.0373. The SMILES string of the molecule is N#Cc1cc(F)c(N[C@H]2C3CCC(CC3)[C@@H]2C(=O)O)nc1Cl. The van der Waals surface area contributed by atoms with E-state index in [0.717, 1.165) is 31.7 Å². The van der Waals surface area contributed by atoms with Gasteiger partial charge in [0, 0.05) is 6.04 Å². The normalized spacial score (nSPS) is 29.9. The quantitative estimate of drug-likeness (QED) is 0.835. The number of aliphatic carboxylic acids is 1. The Morgan fingerprint density at radius 3 is 2.64 bits per heavy atom. The van der Waals surface area contributed by atoms with Gasteiger partial charge in [0.25, 0.3) is 0 Å². The summed E-state index contributed by atoms with van der Waals surface area (Å²) < 4.78 is 14.1. The predicted octanol–water partition coefficient (Wildman–Crippen LogP) is 3.05. The highest BCUT2D eigenvalue weighted by Crippen LogP contribution is 2.46. The van der Waals surface area contributed by atoms with Crippen molar-refractivity contribution in [3.63, 3.8) is 0 Å². The fourth-order valence-corrected chi connectivity index (χ4v) is 4.00. The largest absolute Gasteiger partial charge is 0.481 e. The number of aromatic nitrogens is 1. The lowest BCUT2D eigenvalue weighted by Gasteiger charge is -2.47. The van der Waals surface area contributed by atoms with Crippen LogP contribution in [0, 0.1) is 34.9 Å². The Bertz CT molecular complexity index is 653. The second-order valence-corrected chi connectivity index (χ2v) is 6.34. The molecule has 0 amide bonds. The third-order valence-corrected chi connectivity index (χ3v) is 5.15. The molecule has 3 aliphatic rings. The topological polar surface area (TPSA) is 86.0 Å². The molecule has 3 fully saturated rings. The average Bonchev–Trinajstić information content (AvgIpc) is 2.51. The molecule has 5 nitrogen and oxygen atoms in total. The van der Waals surface area contributed by atoms with Crippen LogP contribution in [0.4, 0.5) is 10.2 Å². The number of nitrogens with one attached hydrogen (secondary N) is 1. The number of pyridine rings is 1. The van der Waals surface area contributed by atoms with E-state index >= 15 is 0 Å². The molecule has 116 valence electrons. The van der Waals surface area contributed by atoms with Crippen molar-refractivity contribution in [1.82, 2.24) is 4.98 Å². The Balaban J connectivity index is 1.90. The lowest BCUT2D eigenvalue weighted by molar-refractivity contribution is -0.148. The summed E-state index contributed by atoms with van der Waals surface area (Å²) in [6.07, 6.45) is 3.70. The van der Waals surface area contributed by atoms with Crippen molar-refractivity contribution in [3.05, 3.63) is 22.6 Å². The van der Waals surface area contributed by atoms with Crippen molar-refractivity contribution in [3.8, 4) is 6.07 Å². The molecule has 3 aliphatic carbocycles. The summed E-state index contributed by atoms with van der Waals surface area (Å²) in [6, 6.07) is 2.44. The monoisotopic (exact) mass is 323 g/mol. The maximum absolute atomic E-state index is 14.1. The Kier molecular flexibility index (Phi) is 3.92. The third kappa shape index (κ3) is 2.50. The Morgan fingerprint density at radius 2 is 2.05 bits per heavy atom. The van der Waals surface area contributed by atoms with E-state index in [0.29, 0.717) is 0 Å². The smallest absolute Gasteiger partial charge is 0.308 e. The highest BCUT2D eigenvalue weighted by Gasteiger charge is 2.47. The summed E-state index contributed by atoms with van der Waals surface area (Å²) in [6.45, 7) is 0. The molecule has 0 radical (unpaired) electrons. The number of rotatable bonds is 3. The van der Waals surface area contributed by atoms with Gasteiger partial charge in [-0.15, -0.1) is 0 Å². The van der Waals surface area contributed by atoms with Gasteiger partial charge in [0.2, 0.25) is 0 Å². The van der Waals surface area contributed by atoms with Crippen LogP contribution in [-0.2, 0) is 4.79 Å². The standard InChI is InChI=1S/C15H15ClFN3O2/c16-13-9(6-18)5-10(17)14(20-13)19-12-8-3-1-7(2-4-8)11(12)15(21)22/h5,7-8,11-12H,1-4H2,(H,19,20)(H,21,22)/t7?,8?,11-,12-/m0/s1. The van der Waals surface area contributed by atoms with Crippen LogP contribution in [0.1, 0.15) is 31.2 Å². The number of nitrogens with zero attached hydrogens (tertiary/aromatic N) is 2. The minimum Gasteiger partial charge on any atom is -0.481 e. The van der Waals surface area contributed by atoms with Gasteiger partial charge in [-0.25, -0.2) is 9.37 Å². The maximum Gasteiger partial charge on any atom is 0.308 e. The van der Waals surface area contributed by atoms with Crippen molar-refractivity contribution >= 4 is 23.4 Å². The van der Waals surface area contributed by atoms with Gasteiger partial charge in [0.15, 0.2) is 11.6 Å². The minimum atomic E-state index is -0.855. The van der Waals surface area contributed by atoms with Gasteiger partial charge in [-0.2, -0.15) is 5.26 Å². The number of carboxylic acids is 1. The first-order valence-electron chi connectivity index (χ1n) is 7.26. The van der Waals surface area contributed by atoms with Crippen LogP contribution in [0.15, 0.2) is 6.07 Å². The van der Waals surface area contributed by atoms with Crippen LogP contribution in [0.3, 0.4) is 0 Å². The fourth-order valence-electron chi connectivity index (χ4n) is 3.82. The van der Waals surface area contributed by atoms with E-state index < -0.39 is 17.7 Å². The summed E-state index contributed by atoms with van der Waals surface area (Å²) in [5, 5.41) is 21.2. The molecular formula is C15H15ClFN3O2. The summed E-state index contributed by atoms with van der Waals surface area (Å²) in [7, 11) is 0. The van der Waals surface area contributed by atoms with Gasteiger partial charge in [-0.05, 0) is 43.6 Å². The minimum absolute atomic E-state index is 0.0373. The van der Waals surface area contributed by atoms with E-state index in [1.807, 2.05) is 0 Å². The maximum atomic E-state index is 14.1. The predicted molar refractivity (Wildman–Crippen MR) is 77.9 cm³/mol. The zero-order valence-corrected chi connectivity index (χ0v) is 12.5. The van der Waals surface area contributed by atoms with Crippen LogP contribution in [-0.4, -0.2) is 22.1 Å². The first kappa shape index (κ1) is 15.0. The van der Waals surface area contributed by atoms with Crippen molar-refractivity contribution in [1.29, 1.82) is 5.26 Å². The highest BCUT2D eigenvalue weighted by molar-refractivity contribution is 6.30. The van der Waals surface area contributed by atoms with Gasteiger partial charge in [-0.3, -0.25) is 4.79 Å². The van der Waals surface area contributed by atoms with Gasteiger partial charge in [0.05, 0.1) is 11.5 Å². The lowest BCUT2D eigenvalue weighted by Crippen LogP contribution is -2.51. The van der Waals surface area contributed by atoms with Crippen LogP contribution >= 0.6 is 11.6 Å². The molecule has 0 aromatic carbocycles. The number of halogens is 2. The van der Waals surface area contributed by atoms with Gasteiger partial charge in [-0.1, -0.05) is 11.6 Å². The first-order valence-corrected chi connectivity index (χ1v) is 7.64. The zero-order valence-electron chi connectivity index (χ0n) is 11.7. The number of carboxylic acid groups (broad SMARTS) is 1. The highest BCUT2D eigenvalue weighted by atomic mass is 35.5. The zero-order chi connectivity index (χ0) is 15.9. The molecule has 3 saturated carbocycles. The molecular weight excluding hydrogens is 309 g/mol. The molecule has 1 aromatic heterocycles. The lowest BCUT2D eigenvalue weighted by atomic mass is 9.61. The van der Waals surface area contributed by atoms with Gasteiger partial charge in [0.1, 0.15) is 11.2 Å². The fraction of sp³-hybridized carbons (Fsp3) is 0.533. The van der Waals surface area contributed by atoms with Gasteiger partial charge >= 0.3 is 5.97 Å². The van der Waals surface area contributed by atoms with E-state index in [2.05, 4.69) is 10.3 Å². The molecule has 7 heteroatoms. The number of hydrogen-bond donors (Lipinski definition) is 2. The number of anilines is 1. The molecule has 2 atom stereocenters. The first-order chi connectivity index (χ1) is 10.5. The Morgan fingerprint density at radius 1 is 1.41 bits per heavy atom. The average molecular weight is 324 g/mol. The summed E-state index contributed by atoms with van der Waals surface area (Å²) in [4.78, 5) is 15.5. The molecule has 22 heavy (non-hydrogen) atoms. The summed E-state index contributed by atoms with van der Waals surface area (Å²) >= 11 is 5.84. The van der Waals surface area contributed by atoms with Crippen molar-refractivity contribution < 1.29 is 14.3 Å². The Hall–Kier alpha value is -1.87. The molecule has 0 aliphatic heterocycles. The van der Waals surface area contributed by atoms with Crippen LogP contribution < -0.4 is 5.32 Å². The van der Waals surface area contributed by atoms with E-state index in [-0.39, 0.29) is 34.4 Å². The second kappa shape index (κ2) is 5.73. The molecule has 4 rings (SSSR count).